The standard InChI is InChI=1S/C15H16N2O3S.ClH/c16-11-7-13-14(20-9-19-13)8-12(11)17-15(18)5-1-3-10-4-2-6-21-10;/h2,4,6-8H,1,3,5,9,16H2,(H,17,18);1H. The highest BCUT2D eigenvalue weighted by molar-refractivity contribution is 7.09. The van der Waals surface area contributed by atoms with Gasteiger partial charge in [-0.3, -0.25) is 4.79 Å². The highest BCUT2D eigenvalue weighted by Gasteiger charge is 2.17. The zero-order valence-corrected chi connectivity index (χ0v) is 13.5. The Morgan fingerprint density at radius 3 is 2.82 bits per heavy atom. The number of anilines is 2. The van der Waals surface area contributed by atoms with Crippen molar-refractivity contribution in [2.75, 3.05) is 17.8 Å². The van der Waals surface area contributed by atoms with Gasteiger partial charge in [0.05, 0.1) is 11.4 Å². The van der Waals surface area contributed by atoms with Gasteiger partial charge in [0.1, 0.15) is 0 Å². The van der Waals surface area contributed by atoms with Gasteiger partial charge in [0, 0.05) is 23.4 Å². The molecule has 0 bridgehead atoms. The topological polar surface area (TPSA) is 73.6 Å². The first-order valence-electron chi connectivity index (χ1n) is 6.74. The highest BCUT2D eigenvalue weighted by atomic mass is 35.5. The summed E-state index contributed by atoms with van der Waals surface area (Å²) in [4.78, 5) is 13.3. The minimum atomic E-state index is -0.0443. The van der Waals surface area contributed by atoms with Crippen molar-refractivity contribution in [1.29, 1.82) is 0 Å². The van der Waals surface area contributed by atoms with Crippen LogP contribution in [0.25, 0.3) is 0 Å². The molecule has 0 aliphatic carbocycles. The third-order valence-corrected chi connectivity index (χ3v) is 4.16. The van der Waals surface area contributed by atoms with Crippen LogP contribution < -0.4 is 20.5 Å². The molecule has 3 rings (SSSR count). The lowest BCUT2D eigenvalue weighted by atomic mass is 10.2. The summed E-state index contributed by atoms with van der Waals surface area (Å²) in [6.45, 7) is 0.187. The minimum absolute atomic E-state index is 0. The van der Waals surface area contributed by atoms with Crippen molar-refractivity contribution in [2.45, 2.75) is 19.3 Å². The van der Waals surface area contributed by atoms with Gasteiger partial charge in [0.25, 0.3) is 0 Å². The smallest absolute Gasteiger partial charge is 0.231 e. The number of hydrogen-bond donors (Lipinski definition) is 2. The van der Waals surface area contributed by atoms with Gasteiger partial charge < -0.3 is 20.5 Å². The van der Waals surface area contributed by atoms with Crippen molar-refractivity contribution in [2.24, 2.45) is 0 Å². The second-order valence-electron chi connectivity index (χ2n) is 4.77. The molecule has 1 amide bonds. The van der Waals surface area contributed by atoms with E-state index in [0.717, 1.165) is 12.8 Å². The van der Waals surface area contributed by atoms with Gasteiger partial charge in [0.15, 0.2) is 11.5 Å². The number of halogens is 1. The predicted octanol–water partition coefficient (Wildman–Crippen LogP) is 3.44. The molecular weight excluding hydrogens is 324 g/mol. The summed E-state index contributed by atoms with van der Waals surface area (Å²) in [5.74, 6) is 1.18. The number of carbonyl (C=O) groups excluding carboxylic acids is 1. The average molecular weight is 341 g/mol. The molecule has 5 nitrogen and oxygen atoms in total. The number of nitrogen functional groups attached to an aromatic ring is 1. The average Bonchev–Trinajstić information content (AvgIpc) is 3.10. The quantitative estimate of drug-likeness (QED) is 0.818. The fourth-order valence-corrected chi connectivity index (χ4v) is 2.91. The minimum Gasteiger partial charge on any atom is -0.454 e. The largest absolute Gasteiger partial charge is 0.454 e. The molecule has 118 valence electrons. The second-order valence-corrected chi connectivity index (χ2v) is 5.81. The summed E-state index contributed by atoms with van der Waals surface area (Å²) in [5, 5.41) is 4.87. The van der Waals surface area contributed by atoms with Gasteiger partial charge in [0.2, 0.25) is 12.7 Å². The number of hydrogen-bond acceptors (Lipinski definition) is 5. The molecular formula is C15H17ClN2O3S. The van der Waals surface area contributed by atoms with Gasteiger partial charge in [-0.1, -0.05) is 6.07 Å². The van der Waals surface area contributed by atoms with Crippen LogP contribution in [0.1, 0.15) is 17.7 Å². The molecule has 0 saturated heterocycles. The Bertz CT molecular complexity index is 646. The number of amides is 1. The van der Waals surface area contributed by atoms with Crippen LogP contribution in [0.5, 0.6) is 11.5 Å². The van der Waals surface area contributed by atoms with E-state index < -0.39 is 0 Å². The number of benzene rings is 1. The first-order chi connectivity index (χ1) is 10.2. The molecule has 2 aromatic rings. The zero-order valence-electron chi connectivity index (χ0n) is 11.8. The Balaban J connectivity index is 0.00000176. The van der Waals surface area contributed by atoms with Crippen molar-refractivity contribution >= 4 is 41.0 Å². The van der Waals surface area contributed by atoms with Gasteiger partial charge in [-0.15, -0.1) is 23.7 Å². The number of nitrogens with two attached hydrogens (primary N) is 1. The number of ether oxygens (including phenoxy) is 2. The van der Waals surface area contributed by atoms with E-state index in [1.165, 1.54) is 4.88 Å². The van der Waals surface area contributed by atoms with Crippen LogP contribution in [-0.2, 0) is 11.2 Å². The monoisotopic (exact) mass is 340 g/mol. The summed E-state index contributed by atoms with van der Waals surface area (Å²) in [5.41, 5.74) is 6.95. The Morgan fingerprint density at radius 2 is 2.09 bits per heavy atom. The molecule has 0 spiro atoms. The van der Waals surface area contributed by atoms with E-state index in [1.54, 1.807) is 23.5 Å². The molecule has 0 unspecified atom stereocenters. The van der Waals surface area contributed by atoms with Crippen LogP contribution in [0.4, 0.5) is 11.4 Å². The number of thiophene rings is 1. The maximum Gasteiger partial charge on any atom is 0.231 e. The van der Waals surface area contributed by atoms with E-state index >= 15 is 0 Å². The molecule has 1 aliphatic heterocycles. The lowest BCUT2D eigenvalue weighted by Gasteiger charge is -2.09. The molecule has 0 fully saturated rings. The van der Waals surface area contributed by atoms with E-state index in [1.807, 2.05) is 11.4 Å². The summed E-state index contributed by atoms with van der Waals surface area (Å²) in [7, 11) is 0. The molecule has 0 radical (unpaired) electrons. The van der Waals surface area contributed by atoms with Gasteiger partial charge in [-0.25, -0.2) is 0 Å². The Kier molecular flexibility index (Phi) is 5.51. The van der Waals surface area contributed by atoms with Crippen LogP contribution in [0.15, 0.2) is 29.6 Å². The summed E-state index contributed by atoms with van der Waals surface area (Å²) < 4.78 is 10.5. The molecule has 1 aromatic carbocycles. The van der Waals surface area contributed by atoms with E-state index in [9.17, 15) is 4.79 Å². The van der Waals surface area contributed by atoms with Gasteiger partial charge in [-0.05, 0) is 24.3 Å². The Hall–Kier alpha value is -1.92. The predicted molar refractivity (Wildman–Crippen MR) is 90.1 cm³/mol. The van der Waals surface area contributed by atoms with Crippen LogP contribution in [-0.4, -0.2) is 12.7 Å². The van der Waals surface area contributed by atoms with Crippen LogP contribution >= 0.6 is 23.7 Å². The first-order valence-corrected chi connectivity index (χ1v) is 7.62. The highest BCUT2D eigenvalue weighted by Crippen LogP contribution is 2.38. The van der Waals surface area contributed by atoms with Crippen molar-refractivity contribution in [3.63, 3.8) is 0 Å². The van der Waals surface area contributed by atoms with E-state index in [4.69, 9.17) is 15.2 Å². The third kappa shape index (κ3) is 3.84. The van der Waals surface area contributed by atoms with E-state index in [0.29, 0.717) is 29.3 Å². The second kappa shape index (κ2) is 7.38. The van der Waals surface area contributed by atoms with Crippen LogP contribution in [0.2, 0.25) is 0 Å². The van der Waals surface area contributed by atoms with Gasteiger partial charge in [-0.2, -0.15) is 0 Å². The van der Waals surface area contributed by atoms with Crippen molar-refractivity contribution in [3.8, 4) is 11.5 Å². The number of rotatable bonds is 5. The lowest BCUT2D eigenvalue weighted by molar-refractivity contribution is -0.116. The summed E-state index contributed by atoms with van der Waals surface area (Å²) in [6, 6.07) is 7.48. The zero-order chi connectivity index (χ0) is 14.7. The molecule has 1 aliphatic rings. The van der Waals surface area contributed by atoms with Crippen molar-refractivity contribution < 1.29 is 14.3 Å². The van der Waals surface area contributed by atoms with Crippen LogP contribution in [0, 0.1) is 0 Å². The fraction of sp³-hybridized carbons (Fsp3) is 0.267. The number of aryl methyl sites for hydroxylation is 1. The first kappa shape index (κ1) is 16.5. The third-order valence-electron chi connectivity index (χ3n) is 3.23. The molecule has 22 heavy (non-hydrogen) atoms. The summed E-state index contributed by atoms with van der Waals surface area (Å²) in [6.07, 6.45) is 2.20. The number of nitrogens with one attached hydrogen (secondary N) is 1. The lowest BCUT2D eigenvalue weighted by Crippen LogP contribution is -2.12. The molecule has 0 atom stereocenters. The van der Waals surface area contributed by atoms with Gasteiger partial charge >= 0.3 is 0 Å². The molecule has 1 aromatic heterocycles. The maximum absolute atomic E-state index is 12.0. The van der Waals surface area contributed by atoms with Crippen LogP contribution in [0.3, 0.4) is 0 Å². The normalized spacial score (nSPS) is 11.8. The number of carbonyl (C=O) groups is 1. The van der Waals surface area contributed by atoms with E-state index in [-0.39, 0.29) is 25.1 Å². The molecule has 0 saturated carbocycles. The maximum atomic E-state index is 12.0. The van der Waals surface area contributed by atoms with Crippen molar-refractivity contribution in [3.05, 3.63) is 34.5 Å². The molecule has 2 heterocycles. The van der Waals surface area contributed by atoms with E-state index in [2.05, 4.69) is 11.4 Å². The Morgan fingerprint density at radius 1 is 1.32 bits per heavy atom. The number of fused-ring (bicyclic) bond motifs is 1. The Labute approximate surface area is 138 Å². The van der Waals surface area contributed by atoms with Crippen molar-refractivity contribution in [1.82, 2.24) is 0 Å². The SMILES string of the molecule is Cl.Nc1cc2c(cc1NC(=O)CCCc1cccs1)OCO2. The molecule has 3 N–H and O–H groups in total. The fourth-order valence-electron chi connectivity index (χ4n) is 2.16. The summed E-state index contributed by atoms with van der Waals surface area (Å²) >= 11 is 1.71. The molecule has 7 heteroatoms.